The minimum atomic E-state index is -0.672. The Hall–Kier alpha value is -2.89. The number of carbonyl (C=O) groups excluding carboxylic acids is 3. The number of esters is 1. The van der Waals surface area contributed by atoms with Crippen molar-refractivity contribution >= 4 is 17.7 Å². The van der Waals surface area contributed by atoms with Crippen LogP contribution in [0, 0.1) is 19.8 Å². The van der Waals surface area contributed by atoms with Gasteiger partial charge in [0, 0.05) is 23.4 Å². The van der Waals surface area contributed by atoms with E-state index in [1.54, 1.807) is 49.9 Å². The van der Waals surface area contributed by atoms with Crippen molar-refractivity contribution in [1.82, 2.24) is 9.88 Å². The number of benzene rings is 1. The van der Waals surface area contributed by atoms with E-state index in [0.29, 0.717) is 28.9 Å². The van der Waals surface area contributed by atoms with E-state index >= 15 is 0 Å². The van der Waals surface area contributed by atoms with Gasteiger partial charge < -0.3 is 14.6 Å². The standard InChI is InChI=1S/C22H28N2O4/c1-13(2)12-24(21(26)17-10-8-7-9-11-17)16(5)20(25)18-14(3)19(22(27)28-6)23-15(18)4/h7-11,13,16,23H,12H2,1-6H3/t16-/m1/s1. The fraction of sp³-hybridized carbons (Fsp3) is 0.409. The first-order valence-corrected chi connectivity index (χ1v) is 9.36. The maximum absolute atomic E-state index is 13.3. The molecule has 1 N–H and O–H groups in total. The maximum Gasteiger partial charge on any atom is 0.354 e. The molecule has 6 heteroatoms. The molecular weight excluding hydrogens is 356 g/mol. The fourth-order valence-corrected chi connectivity index (χ4v) is 3.33. The molecular formula is C22H28N2O4. The maximum atomic E-state index is 13.3. The van der Waals surface area contributed by atoms with Crippen molar-refractivity contribution in [3.8, 4) is 0 Å². The van der Waals surface area contributed by atoms with Gasteiger partial charge in [0.25, 0.3) is 5.91 Å². The summed E-state index contributed by atoms with van der Waals surface area (Å²) < 4.78 is 4.78. The third-order valence-corrected chi connectivity index (χ3v) is 4.76. The van der Waals surface area contributed by atoms with Crippen molar-refractivity contribution in [2.24, 2.45) is 5.92 Å². The zero-order valence-electron chi connectivity index (χ0n) is 17.3. The number of hydrogen-bond acceptors (Lipinski definition) is 4. The highest BCUT2D eigenvalue weighted by molar-refractivity contribution is 6.07. The summed E-state index contributed by atoms with van der Waals surface area (Å²) >= 11 is 0. The van der Waals surface area contributed by atoms with Gasteiger partial charge in [-0.1, -0.05) is 32.0 Å². The highest BCUT2D eigenvalue weighted by Crippen LogP contribution is 2.23. The second-order valence-electron chi connectivity index (χ2n) is 7.37. The molecule has 28 heavy (non-hydrogen) atoms. The van der Waals surface area contributed by atoms with Crippen LogP contribution in [0.15, 0.2) is 30.3 Å². The van der Waals surface area contributed by atoms with Gasteiger partial charge in [0.2, 0.25) is 0 Å². The topological polar surface area (TPSA) is 79.5 Å². The molecule has 6 nitrogen and oxygen atoms in total. The van der Waals surface area contributed by atoms with Crippen molar-refractivity contribution < 1.29 is 19.1 Å². The predicted molar refractivity (Wildman–Crippen MR) is 108 cm³/mol. The molecule has 2 rings (SSSR count). The summed E-state index contributed by atoms with van der Waals surface area (Å²) in [5.74, 6) is -0.714. The van der Waals surface area contributed by atoms with Crippen LogP contribution in [0.1, 0.15) is 63.2 Å². The lowest BCUT2D eigenvalue weighted by molar-refractivity contribution is 0.0591. The number of aromatic amines is 1. The van der Waals surface area contributed by atoms with Crippen LogP contribution in [0.25, 0.3) is 0 Å². The number of aryl methyl sites for hydroxylation is 1. The monoisotopic (exact) mass is 384 g/mol. The average Bonchev–Trinajstić information content (AvgIpc) is 2.98. The Morgan fingerprint density at radius 2 is 1.68 bits per heavy atom. The Balaban J connectivity index is 2.41. The molecule has 0 fully saturated rings. The van der Waals surface area contributed by atoms with Gasteiger partial charge in [0.1, 0.15) is 5.69 Å². The highest BCUT2D eigenvalue weighted by Gasteiger charge is 2.31. The van der Waals surface area contributed by atoms with E-state index in [0.717, 1.165) is 0 Å². The molecule has 1 amide bonds. The first kappa shape index (κ1) is 21.4. The van der Waals surface area contributed by atoms with Crippen LogP contribution >= 0.6 is 0 Å². The van der Waals surface area contributed by atoms with Gasteiger partial charge in [-0.3, -0.25) is 9.59 Å². The zero-order chi connectivity index (χ0) is 21.0. The lowest BCUT2D eigenvalue weighted by atomic mass is 9.98. The Morgan fingerprint density at radius 3 is 2.21 bits per heavy atom. The number of rotatable bonds is 7. The zero-order valence-corrected chi connectivity index (χ0v) is 17.3. The third kappa shape index (κ3) is 4.32. The Morgan fingerprint density at radius 1 is 1.07 bits per heavy atom. The van der Waals surface area contributed by atoms with E-state index in [1.807, 2.05) is 19.9 Å². The van der Waals surface area contributed by atoms with Gasteiger partial charge in [0.05, 0.1) is 13.2 Å². The van der Waals surface area contributed by atoms with Gasteiger partial charge in [-0.15, -0.1) is 0 Å². The molecule has 0 aliphatic heterocycles. The number of methoxy groups -OCH3 is 1. The SMILES string of the molecule is COC(=O)c1[nH]c(C)c(C(=O)[C@@H](C)N(CC(C)C)C(=O)c2ccccc2)c1C. The molecule has 0 aliphatic rings. The number of amides is 1. The molecule has 1 aromatic heterocycles. The van der Waals surface area contributed by atoms with Gasteiger partial charge in [-0.2, -0.15) is 0 Å². The Kier molecular flexibility index (Phi) is 6.78. The number of nitrogens with zero attached hydrogens (tertiary/aromatic N) is 1. The molecule has 0 bridgehead atoms. The number of Topliss-reactive ketones (excluding diaryl/α,β-unsaturated/α-hetero) is 1. The second kappa shape index (κ2) is 8.87. The number of nitrogens with one attached hydrogen (secondary N) is 1. The number of ether oxygens (including phenoxy) is 1. The van der Waals surface area contributed by atoms with Crippen LogP contribution in [0.4, 0.5) is 0 Å². The summed E-state index contributed by atoms with van der Waals surface area (Å²) in [6.07, 6.45) is 0. The molecule has 0 spiro atoms. The van der Waals surface area contributed by atoms with E-state index in [1.165, 1.54) is 7.11 Å². The van der Waals surface area contributed by atoms with Crippen LogP contribution in [0.5, 0.6) is 0 Å². The number of carbonyl (C=O) groups is 3. The van der Waals surface area contributed by atoms with E-state index in [9.17, 15) is 14.4 Å². The summed E-state index contributed by atoms with van der Waals surface area (Å²) in [6, 6.07) is 8.27. The number of ketones is 1. The minimum absolute atomic E-state index is 0.186. The largest absolute Gasteiger partial charge is 0.464 e. The Labute approximate surface area is 165 Å². The van der Waals surface area contributed by atoms with E-state index in [-0.39, 0.29) is 23.3 Å². The molecule has 0 saturated carbocycles. The molecule has 1 aromatic carbocycles. The molecule has 0 radical (unpaired) electrons. The predicted octanol–water partition coefficient (Wildman–Crippen LogP) is 3.79. The van der Waals surface area contributed by atoms with Crippen LogP contribution < -0.4 is 0 Å². The van der Waals surface area contributed by atoms with Crippen molar-refractivity contribution in [2.45, 2.75) is 40.7 Å². The smallest absolute Gasteiger partial charge is 0.354 e. The third-order valence-electron chi connectivity index (χ3n) is 4.76. The average molecular weight is 384 g/mol. The minimum Gasteiger partial charge on any atom is -0.464 e. The lowest BCUT2D eigenvalue weighted by Crippen LogP contribution is -2.45. The van der Waals surface area contributed by atoms with Crippen molar-refractivity contribution in [1.29, 1.82) is 0 Å². The van der Waals surface area contributed by atoms with E-state index in [4.69, 9.17) is 4.74 Å². The lowest BCUT2D eigenvalue weighted by Gasteiger charge is -2.30. The quantitative estimate of drug-likeness (QED) is 0.582. The molecule has 150 valence electrons. The molecule has 0 aliphatic carbocycles. The van der Waals surface area contributed by atoms with Crippen LogP contribution in [-0.4, -0.2) is 47.2 Å². The Bertz CT molecular complexity index is 868. The van der Waals surface area contributed by atoms with E-state index in [2.05, 4.69) is 4.98 Å². The molecule has 2 aromatic rings. The fourth-order valence-electron chi connectivity index (χ4n) is 3.33. The number of H-pyrrole nitrogens is 1. The van der Waals surface area contributed by atoms with Crippen molar-refractivity contribution in [3.05, 3.63) is 58.4 Å². The highest BCUT2D eigenvalue weighted by atomic mass is 16.5. The summed E-state index contributed by atoms with van der Waals surface area (Å²) in [5, 5.41) is 0. The molecule has 1 atom stereocenters. The second-order valence-corrected chi connectivity index (χ2v) is 7.37. The normalized spacial score (nSPS) is 12.0. The first-order chi connectivity index (χ1) is 13.2. The van der Waals surface area contributed by atoms with Gasteiger partial charge in [-0.05, 0) is 44.4 Å². The van der Waals surface area contributed by atoms with Crippen LogP contribution in [-0.2, 0) is 4.74 Å². The van der Waals surface area contributed by atoms with E-state index < -0.39 is 12.0 Å². The van der Waals surface area contributed by atoms with Crippen molar-refractivity contribution in [3.63, 3.8) is 0 Å². The van der Waals surface area contributed by atoms with Crippen molar-refractivity contribution in [2.75, 3.05) is 13.7 Å². The molecule has 1 heterocycles. The summed E-state index contributed by atoms with van der Waals surface area (Å²) in [7, 11) is 1.30. The van der Waals surface area contributed by atoms with Gasteiger partial charge in [0.15, 0.2) is 5.78 Å². The number of aromatic nitrogens is 1. The summed E-state index contributed by atoms with van der Waals surface area (Å²) in [4.78, 5) is 42.9. The molecule has 0 saturated heterocycles. The van der Waals surface area contributed by atoms with Gasteiger partial charge in [-0.25, -0.2) is 4.79 Å². The van der Waals surface area contributed by atoms with Gasteiger partial charge >= 0.3 is 5.97 Å². The summed E-state index contributed by atoms with van der Waals surface area (Å²) in [6.45, 7) is 9.64. The molecule has 0 unspecified atom stereocenters. The van der Waals surface area contributed by atoms with Crippen LogP contribution in [0.3, 0.4) is 0 Å². The van der Waals surface area contributed by atoms with Crippen LogP contribution in [0.2, 0.25) is 0 Å². The summed E-state index contributed by atoms with van der Waals surface area (Å²) in [5.41, 5.74) is 2.37. The first-order valence-electron chi connectivity index (χ1n) is 9.36. The number of hydrogen-bond donors (Lipinski definition) is 1.